The van der Waals surface area contributed by atoms with Crippen LogP contribution in [-0.2, 0) is 24.0 Å². The van der Waals surface area contributed by atoms with Gasteiger partial charge in [-0.05, 0) is 36.8 Å². The van der Waals surface area contributed by atoms with Crippen LogP contribution in [0.3, 0.4) is 0 Å². The third kappa shape index (κ3) is 4.29. The van der Waals surface area contributed by atoms with Crippen LogP contribution < -0.4 is 5.32 Å². The molecule has 0 radical (unpaired) electrons. The van der Waals surface area contributed by atoms with Crippen molar-refractivity contribution in [3.8, 4) is 0 Å². The Morgan fingerprint density at radius 1 is 1.03 bits per heavy atom. The Balaban J connectivity index is 1.42. The van der Waals surface area contributed by atoms with Crippen LogP contribution in [0, 0.1) is 0 Å². The highest BCUT2D eigenvalue weighted by atomic mass is 32.1. The number of thiophene rings is 1. The largest absolute Gasteiger partial charge is 0.379 e. The van der Waals surface area contributed by atoms with Crippen molar-refractivity contribution in [3.05, 3.63) is 52.2 Å². The maximum atomic E-state index is 5.46. The normalized spacial score (nSPS) is 17.4. The van der Waals surface area contributed by atoms with E-state index in [0.29, 0.717) is 0 Å². The molecule has 2 aromatic heterocycles. The Kier molecular flexibility index (Phi) is 5.74. The molecule has 1 aromatic carbocycles. The molecule has 1 aliphatic heterocycles. The number of nitrogens with zero attached hydrogens (tertiary/aromatic N) is 3. The van der Waals surface area contributed by atoms with Crippen LogP contribution >= 0.6 is 11.3 Å². The fourth-order valence-electron chi connectivity index (χ4n) is 4.34. The van der Waals surface area contributed by atoms with Crippen LogP contribution in [0.2, 0.25) is 0 Å². The van der Waals surface area contributed by atoms with E-state index in [9.17, 15) is 0 Å². The monoisotopic (exact) mass is 408 g/mol. The predicted octanol–water partition coefficient (Wildman–Crippen LogP) is 3.91. The van der Waals surface area contributed by atoms with Gasteiger partial charge in [-0.2, -0.15) is 0 Å². The van der Waals surface area contributed by atoms with Crippen molar-refractivity contribution in [1.82, 2.24) is 14.9 Å². The van der Waals surface area contributed by atoms with Gasteiger partial charge in [0.15, 0.2) is 0 Å². The molecule has 1 N–H and O–H groups in total. The van der Waals surface area contributed by atoms with Gasteiger partial charge in [0.05, 0.1) is 18.6 Å². The van der Waals surface area contributed by atoms with Gasteiger partial charge in [0.1, 0.15) is 16.5 Å². The maximum absolute atomic E-state index is 5.46. The summed E-state index contributed by atoms with van der Waals surface area (Å²) in [6.45, 7) is 5.66. The second-order valence-electron chi connectivity index (χ2n) is 7.92. The van der Waals surface area contributed by atoms with Gasteiger partial charge in [0.2, 0.25) is 0 Å². The minimum absolute atomic E-state index is 0.775. The zero-order chi connectivity index (χ0) is 19.5. The number of nitrogens with one attached hydrogen (secondary N) is 1. The molecule has 5 nitrogen and oxygen atoms in total. The van der Waals surface area contributed by atoms with E-state index in [1.807, 2.05) is 11.3 Å². The highest BCUT2D eigenvalue weighted by Gasteiger charge is 2.21. The van der Waals surface area contributed by atoms with E-state index in [1.165, 1.54) is 40.7 Å². The summed E-state index contributed by atoms with van der Waals surface area (Å²) in [5.74, 6) is 1.95. The van der Waals surface area contributed by atoms with E-state index in [-0.39, 0.29) is 0 Å². The highest BCUT2D eigenvalue weighted by molar-refractivity contribution is 7.19. The molecule has 0 amide bonds. The van der Waals surface area contributed by atoms with Gasteiger partial charge in [0.25, 0.3) is 0 Å². The van der Waals surface area contributed by atoms with E-state index in [1.54, 1.807) is 0 Å². The lowest BCUT2D eigenvalue weighted by Crippen LogP contribution is -2.39. The molecule has 1 aliphatic carbocycles. The Hall–Kier alpha value is -2.02. The minimum Gasteiger partial charge on any atom is -0.379 e. The highest BCUT2D eigenvalue weighted by Crippen LogP contribution is 2.38. The lowest BCUT2D eigenvalue weighted by atomic mass is 9.97. The van der Waals surface area contributed by atoms with Crippen LogP contribution in [0.1, 0.15) is 34.7 Å². The van der Waals surface area contributed by atoms with Gasteiger partial charge in [-0.25, -0.2) is 9.97 Å². The van der Waals surface area contributed by atoms with Crippen LogP contribution in [-0.4, -0.2) is 54.3 Å². The first kappa shape index (κ1) is 19.0. The van der Waals surface area contributed by atoms with E-state index in [4.69, 9.17) is 14.7 Å². The van der Waals surface area contributed by atoms with Gasteiger partial charge >= 0.3 is 0 Å². The molecule has 29 heavy (non-hydrogen) atoms. The number of anilines is 1. The van der Waals surface area contributed by atoms with Crippen molar-refractivity contribution >= 4 is 27.4 Å². The van der Waals surface area contributed by atoms with Gasteiger partial charge in [-0.1, -0.05) is 30.3 Å². The quantitative estimate of drug-likeness (QED) is 0.670. The van der Waals surface area contributed by atoms with Crippen molar-refractivity contribution in [3.63, 3.8) is 0 Å². The molecule has 0 unspecified atom stereocenters. The molecule has 6 heteroatoms. The molecule has 0 bridgehead atoms. The smallest absolute Gasteiger partial charge is 0.138 e. The van der Waals surface area contributed by atoms with Gasteiger partial charge < -0.3 is 10.1 Å². The van der Waals surface area contributed by atoms with E-state index >= 15 is 0 Å². The van der Waals surface area contributed by atoms with E-state index in [0.717, 1.165) is 68.7 Å². The number of benzene rings is 1. The van der Waals surface area contributed by atoms with Gasteiger partial charge in [-0.15, -0.1) is 11.3 Å². The molecule has 0 atom stereocenters. The molecule has 0 saturated carbocycles. The summed E-state index contributed by atoms with van der Waals surface area (Å²) < 4.78 is 5.46. The number of aryl methyl sites for hydroxylation is 2. The number of rotatable bonds is 6. The van der Waals surface area contributed by atoms with E-state index < -0.39 is 0 Å². The Labute approximate surface area is 176 Å². The first-order valence-corrected chi connectivity index (χ1v) is 11.6. The minimum atomic E-state index is 0.775. The maximum Gasteiger partial charge on any atom is 0.138 e. The molecule has 1 saturated heterocycles. The van der Waals surface area contributed by atoms with Gasteiger partial charge in [0, 0.05) is 37.5 Å². The summed E-state index contributed by atoms with van der Waals surface area (Å²) in [6, 6.07) is 10.5. The fraction of sp³-hybridized carbons (Fsp3) is 0.478. The molecule has 2 aliphatic rings. The van der Waals surface area contributed by atoms with Crippen molar-refractivity contribution in [2.75, 3.05) is 44.7 Å². The third-order valence-corrected chi connectivity index (χ3v) is 7.08. The second-order valence-corrected chi connectivity index (χ2v) is 9.01. The molecular formula is C23H28N4OS. The SMILES string of the molecule is c1ccc(Cc2nc(NCCN3CCOCC3)c3c4c(sc3n2)CCCC4)cc1. The number of ether oxygens (including phenoxy) is 1. The molecule has 3 heterocycles. The number of hydrogen-bond donors (Lipinski definition) is 1. The summed E-state index contributed by atoms with van der Waals surface area (Å²) in [5, 5.41) is 4.95. The molecule has 152 valence electrons. The zero-order valence-electron chi connectivity index (χ0n) is 16.8. The zero-order valence-corrected chi connectivity index (χ0v) is 17.6. The first-order valence-electron chi connectivity index (χ1n) is 10.8. The summed E-state index contributed by atoms with van der Waals surface area (Å²) in [5.41, 5.74) is 2.75. The van der Waals surface area contributed by atoms with Crippen LogP contribution in [0.25, 0.3) is 10.2 Å². The summed E-state index contributed by atoms with van der Waals surface area (Å²) in [6.07, 6.45) is 5.70. The van der Waals surface area contributed by atoms with Crippen molar-refractivity contribution in [2.45, 2.75) is 32.1 Å². The van der Waals surface area contributed by atoms with E-state index in [2.05, 4.69) is 40.5 Å². The van der Waals surface area contributed by atoms with Crippen molar-refractivity contribution in [1.29, 1.82) is 0 Å². The second kappa shape index (κ2) is 8.78. The summed E-state index contributed by atoms with van der Waals surface area (Å²) >= 11 is 1.88. The van der Waals surface area contributed by atoms with Gasteiger partial charge in [-0.3, -0.25) is 4.90 Å². The third-order valence-electron chi connectivity index (χ3n) is 5.89. The Bertz CT molecular complexity index is 966. The first-order chi connectivity index (χ1) is 14.4. The average Bonchev–Trinajstić information content (AvgIpc) is 3.14. The molecule has 5 rings (SSSR count). The number of hydrogen-bond acceptors (Lipinski definition) is 6. The molecule has 0 spiro atoms. The topological polar surface area (TPSA) is 50.3 Å². The molecule has 1 fully saturated rings. The summed E-state index contributed by atoms with van der Waals surface area (Å²) in [4.78, 5) is 15.1. The summed E-state index contributed by atoms with van der Waals surface area (Å²) in [7, 11) is 0. The number of aromatic nitrogens is 2. The van der Waals surface area contributed by atoms with Crippen LogP contribution in [0.5, 0.6) is 0 Å². The molecule has 3 aromatic rings. The lowest BCUT2D eigenvalue weighted by molar-refractivity contribution is 0.0398. The van der Waals surface area contributed by atoms with Crippen molar-refractivity contribution in [2.24, 2.45) is 0 Å². The predicted molar refractivity (Wildman–Crippen MR) is 119 cm³/mol. The average molecular weight is 409 g/mol. The standard InChI is InChI=1S/C23H28N4OS/c1-2-6-17(7-3-1)16-20-25-22(24-10-11-27-12-14-28-15-13-27)21-18-8-4-5-9-19(18)29-23(21)26-20/h1-3,6-7H,4-5,8-16H2,(H,24,25,26). The molecular weight excluding hydrogens is 380 g/mol. The van der Waals surface area contributed by atoms with Crippen molar-refractivity contribution < 1.29 is 4.74 Å². The number of morpholine rings is 1. The Morgan fingerprint density at radius 2 is 1.86 bits per heavy atom. The number of fused-ring (bicyclic) bond motifs is 3. The Morgan fingerprint density at radius 3 is 2.72 bits per heavy atom. The van der Waals surface area contributed by atoms with Crippen LogP contribution in [0.4, 0.5) is 5.82 Å². The fourth-order valence-corrected chi connectivity index (χ4v) is 5.62. The lowest BCUT2D eigenvalue weighted by Gasteiger charge is -2.26. The van der Waals surface area contributed by atoms with Crippen LogP contribution in [0.15, 0.2) is 30.3 Å².